The average molecular weight is 392 g/mol. The van der Waals surface area contributed by atoms with Crippen LogP contribution in [0.1, 0.15) is 18.4 Å². The molecule has 0 bridgehead atoms. The van der Waals surface area contributed by atoms with E-state index in [-0.39, 0.29) is 0 Å². The minimum Gasteiger partial charge on any atom is -0.355 e. The summed E-state index contributed by atoms with van der Waals surface area (Å²) in [4.78, 5) is 7.87. The minimum absolute atomic E-state index is 0.305. The number of hydrogen-bond acceptors (Lipinski definition) is 4. The van der Waals surface area contributed by atoms with Crippen molar-refractivity contribution in [2.75, 3.05) is 46.8 Å². The first-order valence-electron chi connectivity index (χ1n) is 8.81. The molecule has 2 rings (SSSR count). The molecule has 5 nitrogen and oxygen atoms in total. The molecular formula is C17H28F3N5S. The molecule has 1 aromatic heterocycles. The van der Waals surface area contributed by atoms with Crippen LogP contribution in [0.3, 0.4) is 0 Å². The maximum Gasteiger partial charge on any atom is 0.401 e. The fourth-order valence-electron chi connectivity index (χ4n) is 3.01. The molecule has 1 fully saturated rings. The van der Waals surface area contributed by atoms with Crippen LogP contribution in [0.5, 0.6) is 0 Å². The summed E-state index contributed by atoms with van der Waals surface area (Å²) in [6.45, 7) is 2.87. The van der Waals surface area contributed by atoms with Gasteiger partial charge in [0.25, 0.3) is 0 Å². The SMILES string of the molecule is CN=C(NCCN(C)CC(F)(F)F)NC1CCN(Cc2ccsc2)CC1. The molecule has 0 radical (unpaired) electrons. The van der Waals surface area contributed by atoms with Crippen LogP contribution in [-0.2, 0) is 6.54 Å². The Bertz CT molecular complexity index is 539. The summed E-state index contributed by atoms with van der Waals surface area (Å²) in [6.07, 6.45) is -2.11. The molecule has 2 heterocycles. The summed E-state index contributed by atoms with van der Waals surface area (Å²) >= 11 is 1.72. The quantitative estimate of drug-likeness (QED) is 0.553. The second-order valence-corrected chi connectivity index (χ2v) is 7.46. The summed E-state index contributed by atoms with van der Waals surface area (Å²) in [7, 11) is 3.15. The molecule has 0 saturated carbocycles. The molecule has 1 aromatic rings. The van der Waals surface area contributed by atoms with Crippen LogP contribution in [0, 0.1) is 0 Å². The van der Waals surface area contributed by atoms with Crippen molar-refractivity contribution in [3.8, 4) is 0 Å². The summed E-state index contributed by atoms with van der Waals surface area (Å²) < 4.78 is 36.9. The molecular weight excluding hydrogens is 363 g/mol. The third-order valence-electron chi connectivity index (χ3n) is 4.37. The van der Waals surface area contributed by atoms with Gasteiger partial charge in [-0.1, -0.05) is 0 Å². The topological polar surface area (TPSA) is 42.9 Å². The molecule has 9 heteroatoms. The Morgan fingerprint density at radius 2 is 2.12 bits per heavy atom. The lowest BCUT2D eigenvalue weighted by Gasteiger charge is -2.33. The maximum atomic E-state index is 12.3. The first-order chi connectivity index (χ1) is 12.4. The van der Waals surface area contributed by atoms with Crippen molar-refractivity contribution in [3.63, 3.8) is 0 Å². The van der Waals surface area contributed by atoms with E-state index >= 15 is 0 Å². The van der Waals surface area contributed by atoms with Gasteiger partial charge in [0.15, 0.2) is 5.96 Å². The zero-order valence-electron chi connectivity index (χ0n) is 15.4. The van der Waals surface area contributed by atoms with E-state index in [1.165, 1.54) is 17.5 Å². The fraction of sp³-hybridized carbons (Fsp3) is 0.706. The van der Waals surface area contributed by atoms with Crippen molar-refractivity contribution in [1.29, 1.82) is 0 Å². The van der Waals surface area contributed by atoms with Gasteiger partial charge in [0.2, 0.25) is 0 Å². The van der Waals surface area contributed by atoms with Crippen LogP contribution in [0.2, 0.25) is 0 Å². The standard InChI is InChI=1S/C17H28F3N5S/c1-21-16(22-6-9-24(2)13-17(18,19)20)23-15-3-7-25(8-4-15)11-14-5-10-26-12-14/h5,10,12,15H,3-4,6-9,11,13H2,1-2H3,(H2,21,22,23). The largest absolute Gasteiger partial charge is 0.401 e. The normalized spacial score (nSPS) is 17.7. The van der Waals surface area contributed by atoms with Gasteiger partial charge >= 0.3 is 6.18 Å². The van der Waals surface area contributed by atoms with Crippen LogP contribution in [0.4, 0.5) is 13.2 Å². The first kappa shape index (κ1) is 21.0. The van der Waals surface area contributed by atoms with E-state index in [1.54, 1.807) is 18.4 Å². The van der Waals surface area contributed by atoms with Crippen molar-refractivity contribution in [2.45, 2.75) is 31.6 Å². The van der Waals surface area contributed by atoms with Crippen LogP contribution in [-0.4, -0.2) is 74.8 Å². The highest BCUT2D eigenvalue weighted by Crippen LogP contribution is 2.16. The predicted octanol–water partition coefficient (Wildman–Crippen LogP) is 2.37. The molecule has 26 heavy (non-hydrogen) atoms. The summed E-state index contributed by atoms with van der Waals surface area (Å²) in [5.41, 5.74) is 1.36. The van der Waals surface area contributed by atoms with Crippen molar-refractivity contribution < 1.29 is 13.2 Å². The average Bonchev–Trinajstić information content (AvgIpc) is 3.07. The Labute approximate surface area is 157 Å². The highest BCUT2D eigenvalue weighted by Gasteiger charge is 2.28. The van der Waals surface area contributed by atoms with Gasteiger partial charge in [-0.2, -0.15) is 24.5 Å². The molecule has 0 amide bonds. The molecule has 0 unspecified atom stereocenters. The van der Waals surface area contributed by atoms with Crippen molar-refractivity contribution in [1.82, 2.24) is 20.4 Å². The van der Waals surface area contributed by atoms with E-state index in [0.29, 0.717) is 25.1 Å². The van der Waals surface area contributed by atoms with Crippen molar-refractivity contribution in [2.24, 2.45) is 4.99 Å². The number of nitrogens with zero attached hydrogens (tertiary/aromatic N) is 3. The maximum absolute atomic E-state index is 12.3. The number of rotatable bonds is 7. The second kappa shape index (κ2) is 10.1. The van der Waals surface area contributed by atoms with E-state index in [4.69, 9.17) is 0 Å². The number of likely N-dealkylation sites (tertiary alicyclic amines) is 1. The Hall–Kier alpha value is -1.32. The second-order valence-electron chi connectivity index (χ2n) is 6.68. The predicted molar refractivity (Wildman–Crippen MR) is 101 cm³/mol. The Morgan fingerprint density at radius 1 is 1.38 bits per heavy atom. The number of piperidine rings is 1. The van der Waals surface area contributed by atoms with Gasteiger partial charge in [0.05, 0.1) is 6.54 Å². The summed E-state index contributed by atoms with van der Waals surface area (Å²) in [6, 6.07) is 2.50. The highest BCUT2D eigenvalue weighted by molar-refractivity contribution is 7.07. The van der Waals surface area contributed by atoms with E-state index in [2.05, 4.69) is 37.4 Å². The fourth-order valence-corrected chi connectivity index (χ4v) is 3.67. The smallest absolute Gasteiger partial charge is 0.355 e. The monoisotopic (exact) mass is 391 g/mol. The van der Waals surface area contributed by atoms with E-state index in [9.17, 15) is 13.2 Å². The first-order valence-corrected chi connectivity index (χ1v) is 9.76. The Kier molecular flexibility index (Phi) is 8.17. The number of guanidine groups is 1. The molecule has 148 valence electrons. The van der Waals surface area contributed by atoms with Crippen LogP contribution in [0.15, 0.2) is 21.8 Å². The van der Waals surface area contributed by atoms with E-state index < -0.39 is 12.7 Å². The van der Waals surface area contributed by atoms with E-state index in [0.717, 1.165) is 32.5 Å². The molecule has 1 saturated heterocycles. The van der Waals surface area contributed by atoms with Gasteiger partial charge in [-0.05, 0) is 42.3 Å². The van der Waals surface area contributed by atoms with Gasteiger partial charge < -0.3 is 10.6 Å². The minimum atomic E-state index is -4.16. The number of halogens is 3. The number of likely N-dealkylation sites (N-methyl/N-ethyl adjacent to an activating group) is 1. The molecule has 0 aliphatic carbocycles. The molecule has 1 aliphatic rings. The van der Waals surface area contributed by atoms with E-state index in [1.807, 2.05) is 0 Å². The zero-order chi connectivity index (χ0) is 19.0. The van der Waals surface area contributed by atoms with Crippen LogP contribution < -0.4 is 10.6 Å². The lowest BCUT2D eigenvalue weighted by molar-refractivity contribution is -0.142. The van der Waals surface area contributed by atoms with Gasteiger partial charge in [-0.15, -0.1) is 0 Å². The number of hydrogen-bond donors (Lipinski definition) is 2. The molecule has 1 aliphatic heterocycles. The summed E-state index contributed by atoms with van der Waals surface area (Å²) in [5, 5.41) is 10.8. The molecule has 2 N–H and O–H groups in total. The number of nitrogens with one attached hydrogen (secondary N) is 2. The summed E-state index contributed by atoms with van der Waals surface area (Å²) in [5.74, 6) is 0.654. The zero-order valence-corrected chi connectivity index (χ0v) is 16.2. The third-order valence-corrected chi connectivity index (χ3v) is 5.11. The van der Waals surface area contributed by atoms with Gasteiger partial charge in [-0.3, -0.25) is 14.8 Å². The number of thiophene rings is 1. The lowest BCUT2D eigenvalue weighted by Crippen LogP contribution is -2.49. The van der Waals surface area contributed by atoms with Gasteiger partial charge in [-0.25, -0.2) is 0 Å². The Balaban J connectivity index is 1.64. The van der Waals surface area contributed by atoms with Gasteiger partial charge in [0.1, 0.15) is 0 Å². The molecule has 0 aromatic carbocycles. The number of alkyl halides is 3. The third kappa shape index (κ3) is 7.92. The molecule has 0 spiro atoms. The van der Waals surface area contributed by atoms with Crippen LogP contribution in [0.25, 0.3) is 0 Å². The molecule has 0 atom stereocenters. The lowest BCUT2D eigenvalue weighted by atomic mass is 10.0. The van der Waals surface area contributed by atoms with Crippen LogP contribution >= 0.6 is 11.3 Å². The Morgan fingerprint density at radius 3 is 2.69 bits per heavy atom. The van der Waals surface area contributed by atoms with Crippen molar-refractivity contribution >= 4 is 17.3 Å². The van der Waals surface area contributed by atoms with Crippen molar-refractivity contribution in [3.05, 3.63) is 22.4 Å². The highest BCUT2D eigenvalue weighted by atomic mass is 32.1. The number of aliphatic imine (C=N–C) groups is 1. The van der Waals surface area contributed by atoms with Gasteiger partial charge in [0, 0.05) is 45.8 Å².